The van der Waals surface area contributed by atoms with E-state index in [1.165, 1.54) is 7.11 Å². The maximum absolute atomic E-state index is 12.9. The number of carbonyl (C=O) groups is 2. The first-order valence-electron chi connectivity index (χ1n) is 10.7. The molecule has 1 aliphatic heterocycles. The minimum Gasteiger partial charge on any atom is -0.497 e. The van der Waals surface area contributed by atoms with Crippen LogP contribution in [0.5, 0.6) is 5.75 Å². The Labute approximate surface area is 206 Å². The van der Waals surface area contributed by atoms with Crippen molar-refractivity contribution >= 4 is 22.0 Å². The van der Waals surface area contributed by atoms with Gasteiger partial charge in [0, 0.05) is 0 Å². The average Bonchev–Trinajstić information content (AvgIpc) is 2.87. The number of rotatable bonds is 7. The molecule has 13 heteroatoms. The second-order valence-corrected chi connectivity index (χ2v) is 9.48. The summed E-state index contributed by atoms with van der Waals surface area (Å²) in [4.78, 5) is 21.2. The molecule has 0 amide bonds. The van der Waals surface area contributed by atoms with Crippen LogP contribution in [0.25, 0.3) is 11.1 Å². The van der Waals surface area contributed by atoms with Crippen molar-refractivity contribution in [2.24, 2.45) is 5.92 Å². The summed E-state index contributed by atoms with van der Waals surface area (Å²) in [6.45, 7) is 1.49. The third-order valence-electron chi connectivity index (χ3n) is 5.42. The molecule has 0 aromatic heterocycles. The van der Waals surface area contributed by atoms with Crippen molar-refractivity contribution in [1.82, 2.24) is 10.0 Å². The summed E-state index contributed by atoms with van der Waals surface area (Å²) in [6, 6.07) is 13.2. The monoisotopic (exact) mass is 532 g/mol. The zero-order valence-corrected chi connectivity index (χ0v) is 20.4. The number of piperidine rings is 1. The van der Waals surface area contributed by atoms with Crippen LogP contribution in [0.15, 0.2) is 53.4 Å². The van der Waals surface area contributed by atoms with Gasteiger partial charge in [0.25, 0.3) is 0 Å². The van der Waals surface area contributed by atoms with Crippen LogP contribution in [-0.2, 0) is 24.3 Å². The molecule has 1 unspecified atom stereocenters. The zero-order valence-electron chi connectivity index (χ0n) is 19.5. The van der Waals surface area contributed by atoms with Gasteiger partial charge in [-0.1, -0.05) is 24.3 Å². The fraction of sp³-hybridized carbons (Fsp3) is 0.391. The molecule has 1 saturated heterocycles. The number of nitrogens with one attached hydrogen (secondary N) is 2. The van der Waals surface area contributed by atoms with Gasteiger partial charge in [-0.3, -0.25) is 4.79 Å². The number of alkyl halides is 3. The lowest BCUT2D eigenvalue weighted by atomic mass is 9.91. The van der Waals surface area contributed by atoms with Crippen LogP contribution in [0.4, 0.5) is 13.2 Å². The number of sulfonamides is 1. The SMILES string of the molecule is COC(=O)C(NS(=O)(=O)c1ccc(-c2ccc(OC)cc2)cc1)C1CCNCC1.O=C(O)C(F)(F)F. The number of carbonyl (C=O) groups excluding carboxylic acids is 1. The fourth-order valence-corrected chi connectivity index (χ4v) is 4.74. The van der Waals surface area contributed by atoms with E-state index in [1.54, 1.807) is 31.4 Å². The number of hydrogen-bond donors (Lipinski definition) is 3. The van der Waals surface area contributed by atoms with E-state index >= 15 is 0 Å². The lowest BCUT2D eigenvalue weighted by molar-refractivity contribution is -0.192. The first-order chi connectivity index (χ1) is 16.9. The van der Waals surface area contributed by atoms with Gasteiger partial charge in [-0.2, -0.15) is 17.9 Å². The first-order valence-corrected chi connectivity index (χ1v) is 12.2. The molecular formula is C23H27F3N2O7S. The Kier molecular flexibility index (Phi) is 10.3. The Morgan fingerprint density at radius 3 is 1.89 bits per heavy atom. The second kappa shape index (κ2) is 12.7. The van der Waals surface area contributed by atoms with E-state index in [4.69, 9.17) is 19.4 Å². The van der Waals surface area contributed by atoms with E-state index in [1.807, 2.05) is 24.3 Å². The van der Waals surface area contributed by atoms with E-state index in [-0.39, 0.29) is 10.8 Å². The van der Waals surface area contributed by atoms with Crippen LogP contribution >= 0.6 is 0 Å². The maximum atomic E-state index is 12.9. The minimum absolute atomic E-state index is 0.1000. The first kappa shape index (κ1) is 29.1. The number of benzene rings is 2. The molecule has 0 radical (unpaired) electrons. The molecule has 36 heavy (non-hydrogen) atoms. The molecule has 1 heterocycles. The Bertz CT molecular complexity index is 1120. The fourth-order valence-electron chi connectivity index (χ4n) is 3.49. The van der Waals surface area contributed by atoms with Crippen LogP contribution < -0.4 is 14.8 Å². The van der Waals surface area contributed by atoms with E-state index in [0.29, 0.717) is 12.8 Å². The molecule has 3 N–H and O–H groups in total. The molecule has 0 spiro atoms. The molecule has 3 rings (SSSR count). The molecule has 2 aromatic carbocycles. The highest BCUT2D eigenvalue weighted by molar-refractivity contribution is 7.89. The zero-order chi connectivity index (χ0) is 26.9. The molecule has 0 saturated carbocycles. The van der Waals surface area contributed by atoms with Gasteiger partial charge in [0.15, 0.2) is 0 Å². The van der Waals surface area contributed by atoms with E-state index < -0.39 is 34.2 Å². The largest absolute Gasteiger partial charge is 0.497 e. The van der Waals surface area contributed by atoms with Crippen LogP contribution in [0.1, 0.15) is 12.8 Å². The highest BCUT2D eigenvalue weighted by Crippen LogP contribution is 2.25. The number of ether oxygens (including phenoxy) is 2. The van der Waals surface area contributed by atoms with Crippen LogP contribution in [-0.4, -0.2) is 65.0 Å². The van der Waals surface area contributed by atoms with Crippen molar-refractivity contribution in [2.75, 3.05) is 27.3 Å². The van der Waals surface area contributed by atoms with Gasteiger partial charge in [-0.25, -0.2) is 13.2 Å². The maximum Gasteiger partial charge on any atom is 0.490 e. The van der Waals surface area contributed by atoms with Gasteiger partial charge in [0.1, 0.15) is 11.8 Å². The molecule has 0 bridgehead atoms. The topological polar surface area (TPSA) is 131 Å². The van der Waals surface area contributed by atoms with Crippen molar-refractivity contribution in [1.29, 1.82) is 0 Å². The van der Waals surface area contributed by atoms with Crippen molar-refractivity contribution in [3.05, 3.63) is 48.5 Å². The summed E-state index contributed by atoms with van der Waals surface area (Å²) < 4.78 is 70.1. The van der Waals surface area contributed by atoms with Gasteiger partial charge in [0.05, 0.1) is 19.1 Å². The average molecular weight is 533 g/mol. The molecule has 198 valence electrons. The van der Waals surface area contributed by atoms with Gasteiger partial charge in [-0.15, -0.1) is 0 Å². The number of aliphatic carboxylic acids is 1. The normalized spacial score (nSPS) is 15.2. The highest BCUT2D eigenvalue weighted by atomic mass is 32.2. The third kappa shape index (κ3) is 8.21. The minimum atomic E-state index is -5.08. The molecule has 1 atom stereocenters. The smallest absolute Gasteiger partial charge is 0.490 e. The Hall–Kier alpha value is -3.16. The third-order valence-corrected chi connectivity index (χ3v) is 6.88. The van der Waals surface area contributed by atoms with Crippen LogP contribution in [0, 0.1) is 5.92 Å². The van der Waals surface area contributed by atoms with Crippen molar-refractivity contribution in [3.63, 3.8) is 0 Å². The lowest BCUT2D eigenvalue weighted by Gasteiger charge is -2.29. The number of halogens is 3. The summed E-state index contributed by atoms with van der Waals surface area (Å²) in [7, 11) is -0.988. The molecule has 0 aliphatic carbocycles. The van der Waals surface area contributed by atoms with E-state index in [0.717, 1.165) is 30.0 Å². The Morgan fingerprint density at radius 1 is 1.00 bits per heavy atom. The quantitative estimate of drug-likeness (QED) is 0.464. The predicted octanol–water partition coefficient (Wildman–Crippen LogP) is 2.82. The number of esters is 1. The number of methoxy groups -OCH3 is 2. The Morgan fingerprint density at radius 2 is 1.47 bits per heavy atom. The Balaban J connectivity index is 0.000000572. The summed E-state index contributed by atoms with van der Waals surface area (Å²) in [6.07, 6.45) is -3.67. The van der Waals surface area contributed by atoms with Gasteiger partial charge >= 0.3 is 18.1 Å². The number of hydrogen-bond acceptors (Lipinski definition) is 7. The van der Waals surface area contributed by atoms with E-state index in [9.17, 15) is 26.4 Å². The van der Waals surface area contributed by atoms with Gasteiger partial charge in [-0.05, 0) is 67.2 Å². The van der Waals surface area contributed by atoms with Crippen LogP contribution in [0.2, 0.25) is 0 Å². The van der Waals surface area contributed by atoms with Gasteiger partial charge < -0.3 is 19.9 Å². The summed E-state index contributed by atoms with van der Waals surface area (Å²) in [5.74, 6) is -2.66. The molecule has 9 nitrogen and oxygen atoms in total. The standard InChI is InChI=1S/C21H26N2O5S.C2HF3O2/c1-27-18-7-3-15(4-8-18)16-5-9-19(10-6-16)29(25,26)23-20(21(24)28-2)17-11-13-22-14-12-17;3-2(4,5)1(6)7/h3-10,17,20,22-23H,11-14H2,1-2H3;(H,6,7). The summed E-state index contributed by atoms with van der Waals surface area (Å²) in [5.41, 5.74) is 1.83. The number of carboxylic acids is 1. The molecular weight excluding hydrogens is 505 g/mol. The van der Waals surface area contributed by atoms with E-state index in [2.05, 4.69) is 10.0 Å². The predicted molar refractivity (Wildman–Crippen MR) is 124 cm³/mol. The highest BCUT2D eigenvalue weighted by Gasteiger charge is 2.38. The van der Waals surface area contributed by atoms with Gasteiger partial charge in [0.2, 0.25) is 10.0 Å². The molecule has 1 aliphatic rings. The summed E-state index contributed by atoms with van der Waals surface area (Å²) >= 11 is 0. The van der Waals surface area contributed by atoms with Crippen LogP contribution in [0.3, 0.4) is 0 Å². The van der Waals surface area contributed by atoms with Crippen molar-refractivity contribution < 1.29 is 45.8 Å². The number of carboxylic acid groups (broad SMARTS) is 1. The molecule has 1 fully saturated rings. The summed E-state index contributed by atoms with van der Waals surface area (Å²) in [5, 5.41) is 10.3. The molecule has 2 aromatic rings. The van der Waals surface area contributed by atoms with Crippen molar-refractivity contribution in [2.45, 2.75) is 30.0 Å². The van der Waals surface area contributed by atoms with Crippen molar-refractivity contribution in [3.8, 4) is 16.9 Å². The second-order valence-electron chi connectivity index (χ2n) is 7.77. The lowest BCUT2D eigenvalue weighted by Crippen LogP contribution is -2.49.